The molecule has 6 nitrogen and oxygen atoms in total. The van der Waals surface area contributed by atoms with Gasteiger partial charge in [0.25, 0.3) is 5.89 Å². The van der Waals surface area contributed by atoms with Crippen molar-refractivity contribution in [2.75, 3.05) is 7.11 Å². The molecule has 0 fully saturated rings. The van der Waals surface area contributed by atoms with Gasteiger partial charge in [0.2, 0.25) is 5.82 Å². The van der Waals surface area contributed by atoms with E-state index < -0.39 is 0 Å². The monoisotopic (exact) mass is 283 g/mol. The van der Waals surface area contributed by atoms with Crippen LogP contribution >= 0.6 is 0 Å². The van der Waals surface area contributed by atoms with Gasteiger partial charge in [0, 0.05) is 5.69 Å². The lowest BCUT2D eigenvalue weighted by Crippen LogP contribution is -1.88. The number of aromatic nitrogens is 3. The van der Waals surface area contributed by atoms with Crippen LogP contribution in [-0.2, 0) is 0 Å². The quantitative estimate of drug-likeness (QED) is 0.796. The van der Waals surface area contributed by atoms with Gasteiger partial charge in [-0.3, -0.25) is 0 Å². The van der Waals surface area contributed by atoms with Crippen LogP contribution in [0.3, 0.4) is 0 Å². The Morgan fingerprint density at radius 3 is 2.76 bits per heavy atom. The van der Waals surface area contributed by atoms with E-state index >= 15 is 0 Å². The molecule has 1 aromatic carbocycles. The van der Waals surface area contributed by atoms with Gasteiger partial charge < -0.3 is 14.4 Å². The first-order valence-electron chi connectivity index (χ1n) is 6.32. The van der Waals surface area contributed by atoms with Crippen molar-refractivity contribution in [3.05, 3.63) is 42.1 Å². The van der Waals surface area contributed by atoms with Gasteiger partial charge in [0.15, 0.2) is 0 Å². The first-order valence-corrected chi connectivity index (χ1v) is 6.32. The molecule has 2 heterocycles. The van der Waals surface area contributed by atoms with Crippen LogP contribution in [-0.4, -0.2) is 27.3 Å². The molecule has 0 atom stereocenters. The van der Waals surface area contributed by atoms with Crippen LogP contribution in [0.2, 0.25) is 0 Å². The highest BCUT2D eigenvalue weighted by Crippen LogP contribution is 2.32. The summed E-state index contributed by atoms with van der Waals surface area (Å²) in [6.07, 6.45) is 0. The van der Waals surface area contributed by atoms with Crippen LogP contribution in [0, 0.1) is 6.92 Å². The fraction of sp³-hybridized carbons (Fsp3) is 0.133. The molecule has 0 unspecified atom stereocenters. The Balaban J connectivity index is 2.02. The molecule has 0 aliphatic heterocycles. The third-order valence-electron chi connectivity index (χ3n) is 2.98. The molecule has 0 bridgehead atoms. The Bertz CT molecular complexity index is 783. The topological polar surface area (TPSA) is 81.3 Å². The Morgan fingerprint density at radius 1 is 1.14 bits per heavy atom. The summed E-state index contributed by atoms with van der Waals surface area (Å²) in [7, 11) is 1.55. The number of pyridine rings is 1. The lowest BCUT2D eigenvalue weighted by atomic mass is 10.2. The van der Waals surface area contributed by atoms with E-state index in [1.165, 1.54) is 6.07 Å². The van der Waals surface area contributed by atoms with Gasteiger partial charge in [-0.2, -0.15) is 4.98 Å². The van der Waals surface area contributed by atoms with Crippen molar-refractivity contribution in [1.29, 1.82) is 0 Å². The summed E-state index contributed by atoms with van der Waals surface area (Å²) in [6.45, 7) is 1.89. The van der Waals surface area contributed by atoms with Crippen molar-refractivity contribution in [3.63, 3.8) is 0 Å². The average Bonchev–Trinajstić information content (AvgIpc) is 2.97. The third kappa shape index (κ3) is 2.55. The Hall–Kier alpha value is -2.89. The summed E-state index contributed by atoms with van der Waals surface area (Å²) >= 11 is 0. The summed E-state index contributed by atoms with van der Waals surface area (Å²) in [5.41, 5.74) is 1.90. The number of aryl methyl sites for hydroxylation is 1. The average molecular weight is 283 g/mol. The van der Waals surface area contributed by atoms with Gasteiger partial charge in [-0.25, -0.2) is 4.98 Å². The zero-order chi connectivity index (χ0) is 14.8. The molecule has 106 valence electrons. The number of aromatic hydroxyl groups is 1. The molecule has 3 rings (SSSR count). The van der Waals surface area contributed by atoms with E-state index in [4.69, 9.17) is 9.26 Å². The fourth-order valence-corrected chi connectivity index (χ4v) is 1.92. The predicted octanol–water partition coefficient (Wildman–Crippen LogP) is 2.82. The summed E-state index contributed by atoms with van der Waals surface area (Å²) < 4.78 is 10.3. The van der Waals surface area contributed by atoms with Crippen molar-refractivity contribution in [2.45, 2.75) is 6.92 Å². The molecular formula is C15H13N3O3. The van der Waals surface area contributed by atoms with Gasteiger partial charge >= 0.3 is 0 Å². The number of benzene rings is 1. The predicted molar refractivity (Wildman–Crippen MR) is 75.9 cm³/mol. The minimum atomic E-state index is 0.0446. The molecule has 0 spiro atoms. The van der Waals surface area contributed by atoms with Crippen LogP contribution in [0.1, 0.15) is 5.69 Å². The van der Waals surface area contributed by atoms with Crippen molar-refractivity contribution in [3.8, 4) is 34.5 Å². The molecule has 1 N–H and O–H groups in total. The molecule has 0 amide bonds. The summed E-state index contributed by atoms with van der Waals surface area (Å²) in [5, 5.41) is 13.8. The number of ether oxygens (including phenoxy) is 1. The van der Waals surface area contributed by atoms with E-state index in [0.717, 1.165) is 5.69 Å². The highest BCUT2D eigenvalue weighted by atomic mass is 16.5. The minimum absolute atomic E-state index is 0.0446. The van der Waals surface area contributed by atoms with E-state index in [1.54, 1.807) is 25.3 Å². The summed E-state index contributed by atoms with van der Waals surface area (Å²) in [6, 6.07) is 10.4. The largest absolute Gasteiger partial charge is 0.507 e. The number of rotatable bonds is 3. The van der Waals surface area contributed by atoms with E-state index in [2.05, 4.69) is 15.1 Å². The number of methoxy groups -OCH3 is 1. The molecule has 0 radical (unpaired) electrons. The number of hydrogen-bond donors (Lipinski definition) is 1. The number of phenols is 1. The second-order valence-corrected chi connectivity index (χ2v) is 4.47. The Labute approximate surface area is 121 Å². The molecule has 0 aliphatic carbocycles. The SMILES string of the molecule is COc1ccc(O)c(-c2nc(-c3cccc(C)n3)no2)c1. The normalized spacial score (nSPS) is 10.6. The second-order valence-electron chi connectivity index (χ2n) is 4.47. The Morgan fingerprint density at radius 2 is 2.00 bits per heavy atom. The maximum Gasteiger partial charge on any atom is 0.262 e. The van der Waals surface area contributed by atoms with Crippen LogP contribution < -0.4 is 4.74 Å². The number of nitrogens with zero attached hydrogens (tertiary/aromatic N) is 3. The molecule has 0 saturated heterocycles. The lowest BCUT2D eigenvalue weighted by Gasteiger charge is -2.02. The van der Waals surface area contributed by atoms with E-state index in [9.17, 15) is 5.11 Å². The van der Waals surface area contributed by atoms with Crippen molar-refractivity contribution < 1.29 is 14.4 Å². The van der Waals surface area contributed by atoms with Gasteiger partial charge in [0.05, 0.1) is 12.7 Å². The zero-order valence-electron chi connectivity index (χ0n) is 11.6. The second kappa shape index (κ2) is 5.24. The molecule has 2 aromatic heterocycles. The van der Waals surface area contributed by atoms with Crippen LogP contribution in [0.5, 0.6) is 11.5 Å². The van der Waals surface area contributed by atoms with Crippen LogP contribution in [0.15, 0.2) is 40.9 Å². The van der Waals surface area contributed by atoms with Gasteiger partial charge in [-0.1, -0.05) is 11.2 Å². The Kier molecular flexibility index (Phi) is 3.27. The van der Waals surface area contributed by atoms with Gasteiger partial charge in [-0.15, -0.1) is 0 Å². The van der Waals surface area contributed by atoms with Gasteiger partial charge in [0.1, 0.15) is 17.2 Å². The molecule has 21 heavy (non-hydrogen) atoms. The first kappa shape index (κ1) is 13.1. The molecule has 0 aliphatic rings. The molecule has 6 heteroatoms. The summed E-state index contributed by atoms with van der Waals surface area (Å²) in [5.74, 6) is 1.22. The maximum absolute atomic E-state index is 9.91. The number of phenolic OH excluding ortho intramolecular Hbond substituents is 1. The smallest absolute Gasteiger partial charge is 0.262 e. The first-order chi connectivity index (χ1) is 10.2. The van der Waals surface area contributed by atoms with Crippen molar-refractivity contribution >= 4 is 0 Å². The van der Waals surface area contributed by atoms with Crippen molar-refractivity contribution in [2.24, 2.45) is 0 Å². The van der Waals surface area contributed by atoms with E-state index in [0.29, 0.717) is 22.8 Å². The molecule has 0 saturated carbocycles. The van der Waals surface area contributed by atoms with Crippen LogP contribution in [0.4, 0.5) is 0 Å². The fourth-order valence-electron chi connectivity index (χ4n) is 1.92. The number of hydrogen-bond acceptors (Lipinski definition) is 6. The molecular weight excluding hydrogens is 270 g/mol. The highest BCUT2D eigenvalue weighted by Gasteiger charge is 2.15. The van der Waals surface area contributed by atoms with Crippen molar-refractivity contribution in [1.82, 2.24) is 15.1 Å². The lowest BCUT2D eigenvalue weighted by molar-refractivity contribution is 0.408. The van der Waals surface area contributed by atoms with E-state index in [-0.39, 0.29) is 11.6 Å². The van der Waals surface area contributed by atoms with E-state index in [1.807, 2.05) is 19.1 Å². The standard InChI is InChI=1S/C15H13N3O3/c1-9-4-3-5-12(16-9)14-17-15(21-18-14)11-8-10(20-2)6-7-13(11)19/h3-8,19H,1-2H3. The molecule has 3 aromatic rings. The van der Waals surface area contributed by atoms with Crippen LogP contribution in [0.25, 0.3) is 23.0 Å². The maximum atomic E-state index is 9.91. The summed E-state index contributed by atoms with van der Waals surface area (Å²) in [4.78, 5) is 8.61. The van der Waals surface area contributed by atoms with Gasteiger partial charge in [-0.05, 0) is 37.3 Å². The zero-order valence-corrected chi connectivity index (χ0v) is 11.6. The highest BCUT2D eigenvalue weighted by molar-refractivity contribution is 5.66. The minimum Gasteiger partial charge on any atom is -0.507 e. The third-order valence-corrected chi connectivity index (χ3v) is 2.98.